The number of hydrogen-bond donors (Lipinski definition) is 0. The summed E-state index contributed by atoms with van der Waals surface area (Å²) >= 11 is 3.43. The molecule has 1 aliphatic rings. The van der Waals surface area contributed by atoms with E-state index in [1.807, 2.05) is 54.6 Å². The van der Waals surface area contributed by atoms with Crippen molar-refractivity contribution in [2.45, 2.75) is 18.9 Å². The van der Waals surface area contributed by atoms with Gasteiger partial charge in [0.1, 0.15) is 12.0 Å². The molecule has 0 atom stereocenters. The summed E-state index contributed by atoms with van der Waals surface area (Å²) in [6.07, 6.45) is 5.70. The van der Waals surface area contributed by atoms with Crippen LogP contribution in [0.4, 0.5) is 11.4 Å². The standard InChI is InChI=1S/C23H18BrN5O/c24-17-11-12-25-21(14-17)23(30)29(19-6-2-1-3-7-19)20-8-4-5-16(13-20)22-27-26-15-28(22)18-9-10-18/h1-8,11-15,18H,9-10H2. The molecule has 1 aliphatic carbocycles. The summed E-state index contributed by atoms with van der Waals surface area (Å²) in [7, 11) is 0. The number of anilines is 2. The number of nitrogens with zero attached hydrogens (tertiary/aromatic N) is 5. The van der Waals surface area contributed by atoms with Crippen LogP contribution in [0, 0.1) is 0 Å². The maximum atomic E-state index is 13.5. The zero-order valence-electron chi connectivity index (χ0n) is 16.0. The highest BCUT2D eigenvalue weighted by Crippen LogP contribution is 2.38. The molecule has 148 valence electrons. The molecule has 7 heteroatoms. The molecule has 4 aromatic rings. The van der Waals surface area contributed by atoms with Gasteiger partial charge >= 0.3 is 0 Å². The van der Waals surface area contributed by atoms with Gasteiger partial charge in [0.05, 0.1) is 5.69 Å². The zero-order valence-corrected chi connectivity index (χ0v) is 17.6. The molecule has 1 saturated carbocycles. The molecule has 1 amide bonds. The van der Waals surface area contributed by atoms with Gasteiger partial charge in [-0.15, -0.1) is 10.2 Å². The normalized spacial score (nSPS) is 13.2. The number of amides is 1. The molecule has 1 fully saturated rings. The monoisotopic (exact) mass is 459 g/mol. The van der Waals surface area contributed by atoms with Crippen LogP contribution in [0.25, 0.3) is 11.4 Å². The van der Waals surface area contributed by atoms with E-state index in [1.165, 1.54) is 0 Å². The van der Waals surface area contributed by atoms with Crippen molar-refractivity contribution >= 4 is 33.2 Å². The molecule has 2 aromatic heterocycles. The summed E-state index contributed by atoms with van der Waals surface area (Å²) < 4.78 is 2.92. The lowest BCUT2D eigenvalue weighted by Crippen LogP contribution is -2.26. The third kappa shape index (κ3) is 3.64. The Bertz CT molecular complexity index is 1200. The lowest BCUT2D eigenvalue weighted by Gasteiger charge is -2.23. The first-order valence-corrected chi connectivity index (χ1v) is 10.5. The molecule has 6 nitrogen and oxygen atoms in total. The van der Waals surface area contributed by atoms with Crippen LogP contribution in [0.2, 0.25) is 0 Å². The number of hydrogen-bond acceptors (Lipinski definition) is 4. The second kappa shape index (κ2) is 7.84. The molecule has 30 heavy (non-hydrogen) atoms. The Morgan fingerprint density at radius 2 is 1.80 bits per heavy atom. The minimum Gasteiger partial charge on any atom is -0.310 e. The van der Waals surface area contributed by atoms with Gasteiger partial charge < -0.3 is 4.57 Å². The quantitative estimate of drug-likeness (QED) is 0.399. The smallest absolute Gasteiger partial charge is 0.281 e. The Balaban J connectivity index is 1.60. The maximum absolute atomic E-state index is 13.5. The van der Waals surface area contributed by atoms with E-state index in [9.17, 15) is 4.79 Å². The van der Waals surface area contributed by atoms with Crippen molar-refractivity contribution < 1.29 is 4.79 Å². The van der Waals surface area contributed by atoms with E-state index in [0.717, 1.165) is 40.1 Å². The molecule has 0 spiro atoms. The molecular weight excluding hydrogens is 442 g/mol. The van der Waals surface area contributed by atoms with Gasteiger partial charge in [0, 0.05) is 28.0 Å². The second-order valence-electron chi connectivity index (χ2n) is 7.18. The van der Waals surface area contributed by atoms with Crippen molar-refractivity contribution in [1.29, 1.82) is 0 Å². The summed E-state index contributed by atoms with van der Waals surface area (Å²) in [6, 6.07) is 21.4. The highest BCUT2D eigenvalue weighted by molar-refractivity contribution is 9.10. The topological polar surface area (TPSA) is 63.9 Å². The molecule has 0 aliphatic heterocycles. The summed E-state index contributed by atoms with van der Waals surface area (Å²) in [6.45, 7) is 0. The van der Waals surface area contributed by atoms with Gasteiger partial charge in [0.2, 0.25) is 0 Å². The van der Waals surface area contributed by atoms with Crippen molar-refractivity contribution in [3.8, 4) is 11.4 Å². The maximum Gasteiger partial charge on any atom is 0.281 e. The van der Waals surface area contributed by atoms with Crippen LogP contribution >= 0.6 is 15.9 Å². The first kappa shape index (κ1) is 18.7. The van der Waals surface area contributed by atoms with E-state index in [-0.39, 0.29) is 5.91 Å². The third-order valence-corrected chi connectivity index (χ3v) is 5.53. The number of halogens is 1. The molecular formula is C23H18BrN5O. The van der Waals surface area contributed by atoms with Crippen molar-refractivity contribution in [2.24, 2.45) is 0 Å². The Hall–Kier alpha value is -3.32. The van der Waals surface area contributed by atoms with Gasteiger partial charge in [-0.2, -0.15) is 0 Å². The molecule has 0 saturated heterocycles. The van der Waals surface area contributed by atoms with Gasteiger partial charge in [-0.1, -0.05) is 46.3 Å². The largest absolute Gasteiger partial charge is 0.310 e. The van der Waals surface area contributed by atoms with E-state index in [1.54, 1.807) is 29.6 Å². The van der Waals surface area contributed by atoms with Crippen LogP contribution in [0.5, 0.6) is 0 Å². The Morgan fingerprint density at radius 1 is 1.00 bits per heavy atom. The van der Waals surface area contributed by atoms with Crippen molar-refractivity contribution in [3.05, 3.63) is 89.4 Å². The van der Waals surface area contributed by atoms with Crippen LogP contribution < -0.4 is 4.90 Å². The van der Waals surface area contributed by atoms with Crippen LogP contribution in [0.15, 0.2) is 83.7 Å². The van der Waals surface area contributed by atoms with Gasteiger partial charge in [-0.25, -0.2) is 0 Å². The lowest BCUT2D eigenvalue weighted by molar-refractivity contribution is 0.0994. The molecule has 0 N–H and O–H groups in total. The summed E-state index contributed by atoms with van der Waals surface area (Å²) in [5.41, 5.74) is 2.80. The zero-order chi connectivity index (χ0) is 20.5. The van der Waals surface area contributed by atoms with Gasteiger partial charge in [-0.3, -0.25) is 14.7 Å². The van der Waals surface area contributed by atoms with Gasteiger partial charge in [0.15, 0.2) is 5.82 Å². The third-order valence-electron chi connectivity index (χ3n) is 5.03. The minimum absolute atomic E-state index is 0.205. The van der Waals surface area contributed by atoms with Crippen LogP contribution in [-0.4, -0.2) is 25.7 Å². The molecule has 2 heterocycles. The minimum atomic E-state index is -0.205. The summed E-state index contributed by atoms with van der Waals surface area (Å²) in [4.78, 5) is 19.4. The summed E-state index contributed by atoms with van der Waals surface area (Å²) in [5, 5.41) is 8.43. The van der Waals surface area contributed by atoms with Gasteiger partial charge in [-0.05, 0) is 49.2 Å². The molecule has 0 unspecified atom stereocenters. The van der Waals surface area contributed by atoms with Gasteiger partial charge in [0.25, 0.3) is 5.91 Å². The number of rotatable bonds is 5. The number of carbonyl (C=O) groups is 1. The van der Waals surface area contributed by atoms with Crippen molar-refractivity contribution in [1.82, 2.24) is 19.7 Å². The number of para-hydroxylation sites is 1. The number of aromatic nitrogens is 4. The predicted molar refractivity (Wildman–Crippen MR) is 119 cm³/mol. The van der Waals surface area contributed by atoms with Crippen molar-refractivity contribution in [3.63, 3.8) is 0 Å². The highest BCUT2D eigenvalue weighted by Gasteiger charge is 2.27. The molecule has 0 bridgehead atoms. The number of benzene rings is 2. The van der Waals surface area contributed by atoms with Crippen LogP contribution in [0.3, 0.4) is 0 Å². The molecule has 2 aromatic carbocycles. The number of pyridine rings is 1. The average Bonchev–Trinajstić information content (AvgIpc) is 3.51. The predicted octanol–water partition coefficient (Wildman–Crippen LogP) is 5.42. The van der Waals surface area contributed by atoms with Crippen molar-refractivity contribution in [2.75, 3.05) is 4.90 Å². The number of carbonyl (C=O) groups excluding carboxylic acids is 1. The van der Waals surface area contributed by atoms with E-state index in [2.05, 4.69) is 35.7 Å². The Labute approximate surface area is 182 Å². The Kier molecular flexibility index (Phi) is 4.88. The first-order valence-electron chi connectivity index (χ1n) is 9.72. The first-order chi connectivity index (χ1) is 14.7. The Morgan fingerprint density at radius 3 is 2.57 bits per heavy atom. The fraction of sp³-hybridized carbons (Fsp3) is 0.130. The summed E-state index contributed by atoms with van der Waals surface area (Å²) in [5.74, 6) is 0.615. The fourth-order valence-electron chi connectivity index (χ4n) is 3.45. The molecule has 0 radical (unpaired) electrons. The van der Waals surface area contributed by atoms with Crippen LogP contribution in [-0.2, 0) is 0 Å². The van der Waals surface area contributed by atoms with E-state index in [0.29, 0.717) is 11.7 Å². The SMILES string of the molecule is O=C(c1cc(Br)ccn1)N(c1ccccc1)c1cccc(-c2nncn2C2CC2)c1. The van der Waals surface area contributed by atoms with E-state index in [4.69, 9.17) is 0 Å². The van der Waals surface area contributed by atoms with E-state index < -0.39 is 0 Å². The average molecular weight is 460 g/mol. The molecule has 5 rings (SSSR count). The fourth-order valence-corrected chi connectivity index (χ4v) is 3.79. The van der Waals surface area contributed by atoms with Crippen LogP contribution in [0.1, 0.15) is 29.4 Å². The lowest BCUT2D eigenvalue weighted by atomic mass is 10.1. The second-order valence-corrected chi connectivity index (χ2v) is 8.09. The highest BCUT2D eigenvalue weighted by atomic mass is 79.9. The van der Waals surface area contributed by atoms with E-state index >= 15 is 0 Å².